The average molecular weight is 315 g/mol. The second kappa shape index (κ2) is 7.61. The van der Waals surface area contributed by atoms with E-state index in [0.717, 1.165) is 13.8 Å². The predicted octanol–water partition coefficient (Wildman–Crippen LogP) is -3.02. The molecule has 118 valence electrons. The lowest BCUT2D eigenvalue weighted by Gasteiger charge is -2.28. The Hall–Kier alpha value is -1.11. The highest BCUT2D eigenvalue weighted by atomic mass is 32.3. The van der Waals surface area contributed by atoms with Gasteiger partial charge in [-0.05, 0) is 6.92 Å². The maximum Gasteiger partial charge on any atom is 0.397 e. The number of carbonyl (C=O) groups is 2. The SMILES string of the molecule is CC(=O)N[C@@H](C(C)=O)[C@@H](O)[C@H](O)[C@H](O)COS(=O)(=O)O. The van der Waals surface area contributed by atoms with Crippen molar-refractivity contribution in [2.45, 2.75) is 38.2 Å². The number of rotatable bonds is 8. The smallest absolute Gasteiger partial charge is 0.388 e. The Labute approximate surface area is 115 Å². The first-order valence-electron chi connectivity index (χ1n) is 5.39. The minimum atomic E-state index is -4.82. The Morgan fingerprint density at radius 1 is 1.15 bits per heavy atom. The number of Topliss-reactive ketones (excluding diaryl/α,β-unsaturated/α-hetero) is 1. The Morgan fingerprint density at radius 3 is 2.00 bits per heavy atom. The molecule has 20 heavy (non-hydrogen) atoms. The Kier molecular flexibility index (Phi) is 7.19. The summed E-state index contributed by atoms with van der Waals surface area (Å²) in [5.41, 5.74) is 0. The molecule has 0 aromatic carbocycles. The normalized spacial score (nSPS) is 17.9. The van der Waals surface area contributed by atoms with E-state index in [1.807, 2.05) is 0 Å². The standard InChI is InChI=1S/C9H17NO9S/c1-4(11)7(10-5(2)12)9(15)8(14)6(13)3-19-20(16,17)18/h6-9,13-15H,3H2,1-2H3,(H,10,12)(H,16,17,18)/t6-,7+,8-,9-/m1/s1. The molecule has 11 heteroatoms. The molecule has 0 fully saturated rings. The fraction of sp³-hybridized carbons (Fsp3) is 0.778. The zero-order chi connectivity index (χ0) is 16.1. The first-order valence-corrected chi connectivity index (χ1v) is 6.75. The van der Waals surface area contributed by atoms with Crippen molar-refractivity contribution in [1.29, 1.82) is 0 Å². The fourth-order valence-electron chi connectivity index (χ4n) is 1.33. The van der Waals surface area contributed by atoms with Crippen LogP contribution in [0.15, 0.2) is 0 Å². The predicted molar refractivity (Wildman–Crippen MR) is 63.8 cm³/mol. The van der Waals surface area contributed by atoms with E-state index in [-0.39, 0.29) is 0 Å². The van der Waals surface area contributed by atoms with Gasteiger partial charge in [0.25, 0.3) is 0 Å². The van der Waals surface area contributed by atoms with Crippen LogP contribution < -0.4 is 5.32 Å². The van der Waals surface area contributed by atoms with Gasteiger partial charge in [0.1, 0.15) is 24.4 Å². The lowest BCUT2D eigenvalue weighted by atomic mass is 9.98. The van der Waals surface area contributed by atoms with Crippen molar-refractivity contribution in [1.82, 2.24) is 5.32 Å². The highest BCUT2D eigenvalue weighted by Gasteiger charge is 2.35. The van der Waals surface area contributed by atoms with Crippen LogP contribution in [0.3, 0.4) is 0 Å². The van der Waals surface area contributed by atoms with Gasteiger partial charge >= 0.3 is 10.4 Å². The van der Waals surface area contributed by atoms with Crippen molar-refractivity contribution in [2.24, 2.45) is 0 Å². The molecule has 0 saturated heterocycles. The molecule has 0 spiro atoms. The van der Waals surface area contributed by atoms with Crippen LogP contribution in [0.4, 0.5) is 0 Å². The maximum absolute atomic E-state index is 11.2. The summed E-state index contributed by atoms with van der Waals surface area (Å²) >= 11 is 0. The molecular weight excluding hydrogens is 298 g/mol. The molecule has 0 aliphatic heterocycles. The first kappa shape index (κ1) is 18.9. The number of hydrogen-bond acceptors (Lipinski definition) is 8. The summed E-state index contributed by atoms with van der Waals surface area (Å²) in [7, 11) is -4.82. The van der Waals surface area contributed by atoms with Gasteiger partial charge in [-0.3, -0.25) is 14.1 Å². The van der Waals surface area contributed by atoms with E-state index in [1.165, 1.54) is 0 Å². The topological polar surface area (TPSA) is 170 Å². The number of carbonyl (C=O) groups excluding carboxylic acids is 2. The van der Waals surface area contributed by atoms with Gasteiger partial charge in [0, 0.05) is 6.92 Å². The van der Waals surface area contributed by atoms with Crippen LogP contribution in [0, 0.1) is 0 Å². The van der Waals surface area contributed by atoms with Gasteiger partial charge in [0.15, 0.2) is 5.78 Å². The highest BCUT2D eigenvalue weighted by molar-refractivity contribution is 7.80. The number of amides is 1. The average Bonchev–Trinajstić information content (AvgIpc) is 2.29. The van der Waals surface area contributed by atoms with E-state index >= 15 is 0 Å². The highest BCUT2D eigenvalue weighted by Crippen LogP contribution is 2.08. The molecule has 5 N–H and O–H groups in total. The molecular formula is C9H17NO9S. The Balaban J connectivity index is 4.74. The molecule has 1 amide bonds. The molecule has 0 heterocycles. The Bertz CT molecular complexity index is 448. The van der Waals surface area contributed by atoms with Crippen molar-refractivity contribution in [3.8, 4) is 0 Å². The maximum atomic E-state index is 11.2. The van der Waals surface area contributed by atoms with Gasteiger partial charge in [0.05, 0.1) is 6.61 Å². The molecule has 0 rings (SSSR count). The second-order valence-corrected chi connectivity index (χ2v) is 5.14. The summed E-state index contributed by atoms with van der Waals surface area (Å²) in [5, 5.41) is 30.7. The second-order valence-electron chi connectivity index (χ2n) is 4.05. The van der Waals surface area contributed by atoms with Crippen molar-refractivity contribution in [2.75, 3.05) is 6.61 Å². The van der Waals surface area contributed by atoms with Gasteiger partial charge in [-0.25, -0.2) is 4.18 Å². The lowest BCUT2D eigenvalue weighted by molar-refractivity contribution is -0.134. The number of ketones is 1. The molecule has 4 atom stereocenters. The zero-order valence-corrected chi connectivity index (χ0v) is 11.6. The minimum absolute atomic E-state index is 0.653. The lowest BCUT2D eigenvalue weighted by Crippen LogP contribution is -2.55. The van der Waals surface area contributed by atoms with E-state index in [0.29, 0.717) is 0 Å². The van der Waals surface area contributed by atoms with Gasteiger partial charge in [-0.15, -0.1) is 0 Å². The van der Waals surface area contributed by atoms with Crippen molar-refractivity contribution < 1.29 is 42.1 Å². The minimum Gasteiger partial charge on any atom is -0.388 e. The van der Waals surface area contributed by atoms with E-state index in [1.54, 1.807) is 0 Å². The monoisotopic (exact) mass is 315 g/mol. The van der Waals surface area contributed by atoms with E-state index in [2.05, 4.69) is 9.50 Å². The molecule has 0 aliphatic carbocycles. The van der Waals surface area contributed by atoms with E-state index in [4.69, 9.17) is 4.55 Å². The van der Waals surface area contributed by atoms with Crippen molar-refractivity contribution in [3.05, 3.63) is 0 Å². The summed E-state index contributed by atoms with van der Waals surface area (Å²) in [4.78, 5) is 22.1. The molecule has 10 nitrogen and oxygen atoms in total. The zero-order valence-electron chi connectivity index (χ0n) is 10.8. The van der Waals surface area contributed by atoms with Crippen LogP contribution in [-0.4, -0.2) is 70.9 Å². The van der Waals surface area contributed by atoms with Gasteiger partial charge in [0.2, 0.25) is 5.91 Å². The Morgan fingerprint density at radius 2 is 1.65 bits per heavy atom. The number of nitrogens with one attached hydrogen (secondary N) is 1. The first-order chi connectivity index (χ1) is 8.95. The summed E-state index contributed by atoms with van der Waals surface area (Å²) in [6, 6.07) is -1.48. The summed E-state index contributed by atoms with van der Waals surface area (Å²) in [6.45, 7) is 1.08. The third-order valence-electron chi connectivity index (χ3n) is 2.27. The summed E-state index contributed by atoms with van der Waals surface area (Å²) in [5.74, 6) is -1.34. The molecule has 0 radical (unpaired) electrons. The van der Waals surface area contributed by atoms with Crippen molar-refractivity contribution >= 4 is 22.1 Å². The van der Waals surface area contributed by atoms with Crippen LogP contribution in [0.5, 0.6) is 0 Å². The van der Waals surface area contributed by atoms with Crippen LogP contribution >= 0.6 is 0 Å². The van der Waals surface area contributed by atoms with Gasteiger partial charge in [-0.2, -0.15) is 8.42 Å². The number of aliphatic hydroxyl groups is 3. The summed E-state index contributed by atoms with van der Waals surface area (Å²) in [6.07, 6.45) is -5.79. The van der Waals surface area contributed by atoms with E-state index in [9.17, 15) is 33.3 Å². The van der Waals surface area contributed by atoms with Crippen LogP contribution in [0.1, 0.15) is 13.8 Å². The van der Waals surface area contributed by atoms with Crippen LogP contribution in [-0.2, 0) is 24.2 Å². The van der Waals surface area contributed by atoms with Gasteiger partial charge < -0.3 is 20.6 Å². The number of hydrogen-bond donors (Lipinski definition) is 5. The quantitative estimate of drug-likeness (QED) is 0.292. The summed E-state index contributed by atoms with van der Waals surface area (Å²) < 4.78 is 32.7. The molecule has 0 aromatic heterocycles. The third kappa shape index (κ3) is 6.88. The van der Waals surface area contributed by atoms with Crippen LogP contribution in [0.2, 0.25) is 0 Å². The number of aliphatic hydroxyl groups excluding tert-OH is 3. The largest absolute Gasteiger partial charge is 0.397 e. The van der Waals surface area contributed by atoms with Crippen molar-refractivity contribution in [3.63, 3.8) is 0 Å². The molecule has 0 saturated carbocycles. The third-order valence-corrected chi connectivity index (χ3v) is 2.70. The molecule has 0 unspecified atom stereocenters. The van der Waals surface area contributed by atoms with E-state index < -0.39 is 53.1 Å². The molecule has 0 aliphatic rings. The van der Waals surface area contributed by atoms with Gasteiger partial charge in [-0.1, -0.05) is 0 Å². The van der Waals surface area contributed by atoms with Crippen LogP contribution in [0.25, 0.3) is 0 Å². The molecule has 0 bridgehead atoms. The molecule has 0 aromatic rings. The fourth-order valence-corrected chi connectivity index (χ4v) is 1.64.